The summed E-state index contributed by atoms with van der Waals surface area (Å²) in [6.45, 7) is 2.30. The van der Waals surface area contributed by atoms with E-state index >= 15 is 0 Å². The van der Waals surface area contributed by atoms with E-state index in [9.17, 15) is 40.6 Å². The summed E-state index contributed by atoms with van der Waals surface area (Å²) in [5.74, 6) is -2.32. The largest absolute Gasteiger partial charge is 0.506 e. The van der Waals surface area contributed by atoms with Crippen LogP contribution in [0.25, 0.3) is 32.7 Å². The number of Topliss-reactive ketones (excluding diaryl/α,β-unsaturated/α-hetero) is 2. The molecule has 2 aliphatic heterocycles. The number of rotatable bonds is 9. The van der Waals surface area contributed by atoms with E-state index in [0.29, 0.717) is 21.4 Å². The lowest BCUT2D eigenvalue weighted by molar-refractivity contribution is -0.129. The highest BCUT2D eigenvalue weighted by molar-refractivity contribution is 7.81. The molecular formula is C33H30N4O11S2. The number of aliphatic hydroxyl groups is 1. The lowest BCUT2D eigenvalue weighted by atomic mass is 9.92. The van der Waals surface area contributed by atoms with Crippen LogP contribution in [-0.4, -0.2) is 67.2 Å². The maximum Gasteiger partial charge on any atom is 0.397 e. The average molecular weight is 723 g/mol. The van der Waals surface area contributed by atoms with Gasteiger partial charge in [-0.15, -0.1) is 0 Å². The Morgan fingerprint density at radius 1 is 0.700 bits per heavy atom. The number of anilines is 3. The van der Waals surface area contributed by atoms with E-state index in [1.54, 1.807) is 36.4 Å². The van der Waals surface area contributed by atoms with Crippen molar-refractivity contribution in [2.75, 3.05) is 29.2 Å². The third-order valence-electron chi connectivity index (χ3n) is 9.26. The van der Waals surface area contributed by atoms with Gasteiger partial charge in [0.05, 0.1) is 16.5 Å². The minimum absolute atomic E-state index is 0.156. The molecule has 0 spiro atoms. The molecule has 0 saturated heterocycles. The van der Waals surface area contributed by atoms with Crippen LogP contribution in [0.5, 0.6) is 0 Å². The van der Waals surface area contributed by atoms with Crippen molar-refractivity contribution in [3.05, 3.63) is 82.6 Å². The van der Waals surface area contributed by atoms with Crippen LogP contribution in [0.1, 0.15) is 32.3 Å². The second-order valence-corrected chi connectivity index (χ2v) is 14.4. The first-order valence-electron chi connectivity index (χ1n) is 15.4. The van der Waals surface area contributed by atoms with Crippen molar-refractivity contribution in [1.29, 1.82) is 0 Å². The molecule has 4 aromatic rings. The molecule has 0 atom stereocenters. The number of allylic oxidation sites excluding steroid dienone is 2. The number of carbonyl (C=O) groups excluding carboxylic acids is 2. The predicted octanol–water partition coefficient (Wildman–Crippen LogP) is 3.00. The van der Waals surface area contributed by atoms with Gasteiger partial charge in [-0.1, -0.05) is 50.2 Å². The zero-order valence-electron chi connectivity index (χ0n) is 26.5. The number of hydrogen-bond acceptors (Lipinski definition) is 13. The number of hydrogen-bond donors (Lipinski definition) is 6. The zero-order chi connectivity index (χ0) is 35.8. The highest BCUT2D eigenvalue weighted by Gasteiger charge is 2.42. The van der Waals surface area contributed by atoms with Crippen LogP contribution >= 0.6 is 0 Å². The molecule has 2 heterocycles. The second-order valence-electron chi connectivity index (χ2n) is 12.2. The van der Waals surface area contributed by atoms with E-state index in [4.69, 9.17) is 4.99 Å². The van der Waals surface area contributed by atoms with E-state index in [1.165, 1.54) is 12.1 Å². The Hall–Kier alpha value is -4.91. The monoisotopic (exact) mass is 722 g/mol. The highest BCUT2D eigenvalue weighted by atomic mass is 32.3. The van der Waals surface area contributed by atoms with E-state index in [-0.39, 0.29) is 28.1 Å². The summed E-state index contributed by atoms with van der Waals surface area (Å²) >= 11 is 0. The topological polar surface area (TPSA) is 230 Å². The van der Waals surface area contributed by atoms with Crippen molar-refractivity contribution < 1.29 is 49.0 Å². The van der Waals surface area contributed by atoms with Crippen LogP contribution in [0.15, 0.2) is 71.4 Å². The maximum absolute atomic E-state index is 13.7. The number of benzene rings is 4. The molecule has 17 heteroatoms. The summed E-state index contributed by atoms with van der Waals surface area (Å²) in [5, 5.41) is 24.3. The fourth-order valence-corrected chi connectivity index (χ4v) is 7.58. The molecule has 0 radical (unpaired) electrons. The smallest absolute Gasteiger partial charge is 0.397 e. The Morgan fingerprint density at radius 3 is 1.86 bits per heavy atom. The van der Waals surface area contributed by atoms with Crippen molar-refractivity contribution in [1.82, 2.24) is 0 Å². The first-order valence-corrected chi connectivity index (χ1v) is 18.1. The third-order valence-corrected chi connectivity index (χ3v) is 10.1. The van der Waals surface area contributed by atoms with Crippen LogP contribution in [-0.2, 0) is 38.8 Å². The normalized spacial score (nSPS) is 18.9. The summed E-state index contributed by atoms with van der Waals surface area (Å²) in [4.78, 5) is 32.4. The first kappa shape index (κ1) is 33.6. The van der Waals surface area contributed by atoms with Gasteiger partial charge in [0.1, 0.15) is 24.6 Å². The first-order chi connectivity index (χ1) is 23.6. The quantitative estimate of drug-likeness (QED) is 0.108. The molecule has 0 unspecified atom stereocenters. The molecule has 0 amide bonds. The van der Waals surface area contributed by atoms with E-state index in [0.717, 1.165) is 29.3 Å². The number of aliphatic hydroxyl groups excluding tert-OH is 1. The lowest BCUT2D eigenvalue weighted by Gasteiger charge is -2.40. The summed E-state index contributed by atoms with van der Waals surface area (Å²) in [6.07, 6.45) is 1.49. The van der Waals surface area contributed by atoms with Crippen molar-refractivity contribution in [2.24, 2.45) is 4.99 Å². The molecule has 4 aromatic carbocycles. The van der Waals surface area contributed by atoms with Gasteiger partial charge in [-0.25, -0.2) is 8.37 Å². The minimum Gasteiger partial charge on any atom is -0.506 e. The van der Waals surface area contributed by atoms with Gasteiger partial charge in [0.2, 0.25) is 11.6 Å². The van der Waals surface area contributed by atoms with Gasteiger partial charge >= 0.3 is 20.8 Å². The standard InChI is InChI=1S/C33H30N4O11S2/c1-3-32(4-2)34-21-9-5-7-17-19(11-13-23(35-32)25(17)21)27-29(38)28(31(40)30(27)39)20-12-14-24-26-18(20)8-6-10-22(26)36-33(37-24,15-47-49(41,42)43)16-48-50(44,45)46/h5-14,34,36-38H,3-4,15-16H2,1-2H3,(H,41,42,43)(H,44,45,46)/b27-19+. The third kappa shape index (κ3) is 5.57. The fraction of sp³-hybridized carbons (Fsp3) is 0.242. The molecule has 3 aliphatic rings. The van der Waals surface area contributed by atoms with Crippen LogP contribution in [0, 0.1) is 0 Å². The van der Waals surface area contributed by atoms with Gasteiger partial charge in [-0.05, 0) is 58.7 Å². The summed E-state index contributed by atoms with van der Waals surface area (Å²) in [5.41, 5.74) is -1.16. The molecule has 15 nitrogen and oxygen atoms in total. The van der Waals surface area contributed by atoms with Gasteiger partial charge in [-0.2, -0.15) is 16.8 Å². The Labute approximate surface area is 285 Å². The molecule has 0 bridgehead atoms. The van der Waals surface area contributed by atoms with E-state index in [1.807, 2.05) is 26.0 Å². The number of ketones is 2. The molecule has 0 aromatic heterocycles. The van der Waals surface area contributed by atoms with Crippen molar-refractivity contribution >= 4 is 82.1 Å². The maximum atomic E-state index is 13.7. The fourth-order valence-electron chi connectivity index (χ4n) is 6.88. The SMILES string of the molecule is CCC1(CC)N=c2cc/c(=C3\C(=O)C(=O)C(c4ccc5c6c(cccc46)NC(COS(=O)(=O)O)(COS(=O)(=O)O)N5)=C3O)c3cccc(c23)N1. The number of nitrogens with one attached hydrogen (secondary N) is 3. The van der Waals surface area contributed by atoms with Crippen molar-refractivity contribution in [2.45, 2.75) is 38.0 Å². The number of carbonyl (C=O) groups is 2. The van der Waals surface area contributed by atoms with Gasteiger partial charge in [0.25, 0.3) is 0 Å². The van der Waals surface area contributed by atoms with E-state index in [2.05, 4.69) is 24.3 Å². The molecular weight excluding hydrogens is 693 g/mol. The molecule has 6 N–H and O–H groups in total. The second kappa shape index (κ2) is 11.6. The summed E-state index contributed by atoms with van der Waals surface area (Å²) in [7, 11) is -9.99. The minimum atomic E-state index is -4.99. The summed E-state index contributed by atoms with van der Waals surface area (Å²) in [6, 6.07) is 16.7. The number of nitrogens with zero attached hydrogens (tertiary/aromatic N) is 1. The Morgan fingerprint density at radius 2 is 1.26 bits per heavy atom. The van der Waals surface area contributed by atoms with Crippen LogP contribution < -0.4 is 26.5 Å². The molecule has 1 aliphatic carbocycles. The summed E-state index contributed by atoms with van der Waals surface area (Å²) < 4.78 is 73.1. The Bertz CT molecular complexity index is 2510. The highest BCUT2D eigenvalue weighted by Crippen LogP contribution is 2.44. The van der Waals surface area contributed by atoms with Gasteiger partial charge in [0, 0.05) is 27.8 Å². The van der Waals surface area contributed by atoms with Crippen molar-refractivity contribution in [3.63, 3.8) is 0 Å². The van der Waals surface area contributed by atoms with Crippen LogP contribution in [0.3, 0.4) is 0 Å². The zero-order valence-corrected chi connectivity index (χ0v) is 28.1. The molecule has 50 heavy (non-hydrogen) atoms. The Balaban J connectivity index is 1.39. The van der Waals surface area contributed by atoms with Crippen LogP contribution in [0.4, 0.5) is 17.1 Å². The lowest BCUT2D eigenvalue weighted by Crippen LogP contribution is -2.56. The molecule has 0 saturated carbocycles. The molecule has 7 rings (SSSR count). The van der Waals surface area contributed by atoms with E-state index < -0.39 is 62.7 Å². The molecule has 260 valence electrons. The Kier molecular flexibility index (Phi) is 7.78. The van der Waals surface area contributed by atoms with Gasteiger partial charge in [-0.3, -0.25) is 23.7 Å². The molecule has 0 fully saturated rings. The van der Waals surface area contributed by atoms with Crippen LogP contribution in [0.2, 0.25) is 0 Å². The average Bonchev–Trinajstić information content (AvgIpc) is 3.29. The van der Waals surface area contributed by atoms with Crippen molar-refractivity contribution in [3.8, 4) is 0 Å². The predicted molar refractivity (Wildman–Crippen MR) is 184 cm³/mol. The van der Waals surface area contributed by atoms with Gasteiger partial charge in [0.15, 0.2) is 5.66 Å². The van der Waals surface area contributed by atoms with Gasteiger partial charge < -0.3 is 21.1 Å².